The van der Waals surface area contributed by atoms with Crippen molar-refractivity contribution in [3.8, 4) is 0 Å². The molecule has 0 aromatic rings. The Hall–Kier alpha value is -1.75. The van der Waals surface area contributed by atoms with E-state index in [1.54, 1.807) is 18.2 Å². The summed E-state index contributed by atoms with van der Waals surface area (Å²) in [7, 11) is 0. The van der Waals surface area contributed by atoms with E-state index in [9.17, 15) is 4.79 Å². The Morgan fingerprint density at radius 2 is 2.40 bits per heavy atom. The lowest BCUT2D eigenvalue weighted by molar-refractivity contribution is -0.118. The van der Waals surface area contributed by atoms with Gasteiger partial charge in [-0.15, -0.1) is 0 Å². The first kappa shape index (κ1) is 9.79. The van der Waals surface area contributed by atoms with E-state index in [1.807, 2.05) is 0 Å². The maximum atomic E-state index is 11.3. The van der Waals surface area contributed by atoms with E-state index in [2.05, 4.69) is 9.98 Å². The van der Waals surface area contributed by atoms with Crippen molar-refractivity contribution in [2.24, 2.45) is 15.9 Å². The lowest BCUT2D eigenvalue weighted by Crippen LogP contribution is -2.25. The van der Waals surface area contributed by atoms with Crippen LogP contribution in [0.4, 0.5) is 0 Å². The predicted octanol–water partition coefficient (Wildman–Crippen LogP) is 0.0747. The molecule has 0 aromatic carbocycles. The van der Waals surface area contributed by atoms with E-state index in [-0.39, 0.29) is 25.0 Å². The van der Waals surface area contributed by atoms with Crippen LogP contribution in [0.1, 0.15) is 0 Å². The molecular weight excluding hydrogens is 196 g/mol. The van der Waals surface area contributed by atoms with Crippen LogP contribution in [0.15, 0.2) is 34.0 Å². The standard InChI is InChI=1S/C10H10N2O3/c13-3-4-15-7-1-2-8-9(5-7)11-6-12-10(8)14/h1-2,5-6,8,13H,3-4H2. The summed E-state index contributed by atoms with van der Waals surface area (Å²) in [6, 6.07) is 0. The maximum Gasteiger partial charge on any atom is 0.260 e. The van der Waals surface area contributed by atoms with Gasteiger partial charge in [-0.1, -0.05) is 6.08 Å². The van der Waals surface area contributed by atoms with Crippen LogP contribution in [0.5, 0.6) is 0 Å². The van der Waals surface area contributed by atoms with Gasteiger partial charge in [0.15, 0.2) is 0 Å². The van der Waals surface area contributed by atoms with Gasteiger partial charge >= 0.3 is 0 Å². The third kappa shape index (κ3) is 2.02. The predicted molar refractivity (Wildman–Crippen MR) is 54.7 cm³/mol. The second-order valence-electron chi connectivity index (χ2n) is 3.09. The van der Waals surface area contributed by atoms with Crippen molar-refractivity contribution in [2.45, 2.75) is 0 Å². The van der Waals surface area contributed by atoms with E-state index >= 15 is 0 Å². The molecule has 1 aliphatic carbocycles. The molecule has 2 aliphatic rings. The van der Waals surface area contributed by atoms with Crippen molar-refractivity contribution in [1.82, 2.24) is 0 Å². The topological polar surface area (TPSA) is 71.2 Å². The Bertz CT molecular complexity index is 393. The summed E-state index contributed by atoms with van der Waals surface area (Å²) in [6.45, 7) is 0.192. The van der Waals surface area contributed by atoms with Crippen LogP contribution in [0.3, 0.4) is 0 Å². The zero-order chi connectivity index (χ0) is 10.7. The van der Waals surface area contributed by atoms with Gasteiger partial charge < -0.3 is 9.84 Å². The number of rotatable bonds is 3. The van der Waals surface area contributed by atoms with Gasteiger partial charge in [-0.2, -0.15) is 0 Å². The summed E-state index contributed by atoms with van der Waals surface area (Å²) in [5.74, 6) is 0.00679. The first-order chi connectivity index (χ1) is 7.31. The highest BCUT2D eigenvalue weighted by Gasteiger charge is 2.25. The average Bonchev–Trinajstić information content (AvgIpc) is 2.26. The minimum atomic E-state index is -0.378. The first-order valence-corrected chi connectivity index (χ1v) is 4.59. The van der Waals surface area contributed by atoms with Gasteiger partial charge in [-0.25, -0.2) is 9.98 Å². The third-order valence-electron chi connectivity index (χ3n) is 2.08. The Morgan fingerprint density at radius 1 is 1.53 bits per heavy atom. The number of nitrogens with zero attached hydrogens (tertiary/aromatic N) is 2. The molecular formula is C10H10N2O3. The molecule has 0 bridgehead atoms. The van der Waals surface area contributed by atoms with Crippen molar-refractivity contribution < 1.29 is 14.6 Å². The Balaban J connectivity index is 2.15. The monoisotopic (exact) mass is 206 g/mol. The number of carbonyl (C=O) groups excluding carboxylic acids is 1. The molecule has 0 saturated carbocycles. The number of ether oxygens (including phenoxy) is 1. The summed E-state index contributed by atoms with van der Waals surface area (Å²) >= 11 is 0. The Labute approximate surface area is 86.5 Å². The lowest BCUT2D eigenvalue weighted by Gasteiger charge is -2.17. The Morgan fingerprint density at radius 3 is 3.20 bits per heavy atom. The molecule has 0 fully saturated rings. The van der Waals surface area contributed by atoms with Crippen molar-refractivity contribution in [3.05, 3.63) is 24.0 Å². The van der Waals surface area contributed by atoms with E-state index in [4.69, 9.17) is 9.84 Å². The summed E-state index contributed by atoms with van der Waals surface area (Å²) in [4.78, 5) is 18.9. The number of fused-ring (bicyclic) bond motifs is 1. The van der Waals surface area contributed by atoms with Gasteiger partial charge in [0, 0.05) is 6.08 Å². The molecule has 0 spiro atoms. The average molecular weight is 206 g/mol. The molecule has 1 heterocycles. The fourth-order valence-corrected chi connectivity index (χ4v) is 1.39. The molecule has 1 atom stereocenters. The summed E-state index contributed by atoms with van der Waals surface area (Å²) in [5, 5.41) is 8.59. The number of aliphatic hydroxyl groups is 1. The van der Waals surface area contributed by atoms with E-state index in [1.165, 1.54) is 6.34 Å². The molecule has 5 heteroatoms. The van der Waals surface area contributed by atoms with Crippen molar-refractivity contribution in [2.75, 3.05) is 13.2 Å². The minimum absolute atomic E-state index is 0.0402. The first-order valence-electron chi connectivity index (χ1n) is 4.59. The molecule has 0 saturated heterocycles. The van der Waals surface area contributed by atoms with E-state index in [0.717, 1.165) is 0 Å². The highest BCUT2D eigenvalue weighted by Crippen LogP contribution is 2.18. The highest BCUT2D eigenvalue weighted by molar-refractivity contribution is 6.18. The molecule has 2 rings (SSSR count). The number of hydrogen-bond acceptors (Lipinski definition) is 4. The van der Waals surface area contributed by atoms with Gasteiger partial charge in [0.25, 0.3) is 5.91 Å². The highest BCUT2D eigenvalue weighted by atomic mass is 16.5. The number of aliphatic imine (C=N–C) groups is 2. The van der Waals surface area contributed by atoms with Crippen LogP contribution >= 0.6 is 0 Å². The quantitative estimate of drug-likeness (QED) is 0.710. The zero-order valence-corrected chi connectivity index (χ0v) is 7.96. The SMILES string of the molecule is O=C1N=CN=C2C=C(OCCO)C=CC12. The number of aliphatic hydroxyl groups excluding tert-OH is 1. The van der Waals surface area contributed by atoms with Crippen LogP contribution in [-0.2, 0) is 9.53 Å². The molecule has 0 radical (unpaired) electrons. The molecule has 78 valence electrons. The van der Waals surface area contributed by atoms with Gasteiger partial charge in [-0.05, 0) is 6.08 Å². The summed E-state index contributed by atoms with van der Waals surface area (Å²) < 4.78 is 5.20. The zero-order valence-electron chi connectivity index (χ0n) is 7.96. The van der Waals surface area contributed by atoms with Gasteiger partial charge in [-0.3, -0.25) is 4.79 Å². The van der Waals surface area contributed by atoms with Crippen molar-refractivity contribution >= 4 is 18.0 Å². The molecule has 1 amide bonds. The van der Waals surface area contributed by atoms with Crippen LogP contribution in [0.25, 0.3) is 0 Å². The van der Waals surface area contributed by atoms with Gasteiger partial charge in [0.1, 0.15) is 24.6 Å². The molecule has 1 unspecified atom stereocenters. The fraction of sp³-hybridized carbons (Fsp3) is 0.300. The second kappa shape index (κ2) is 4.18. The van der Waals surface area contributed by atoms with E-state index in [0.29, 0.717) is 11.5 Å². The van der Waals surface area contributed by atoms with Gasteiger partial charge in [0.2, 0.25) is 0 Å². The largest absolute Gasteiger partial charge is 0.491 e. The Kier molecular flexibility index (Phi) is 2.73. The molecule has 15 heavy (non-hydrogen) atoms. The third-order valence-corrected chi connectivity index (χ3v) is 2.08. The van der Waals surface area contributed by atoms with Crippen LogP contribution in [0.2, 0.25) is 0 Å². The number of carbonyl (C=O) groups is 1. The summed E-state index contributed by atoms with van der Waals surface area (Å²) in [6.07, 6.45) is 6.32. The number of hydrogen-bond donors (Lipinski definition) is 1. The van der Waals surface area contributed by atoms with Crippen LogP contribution in [0, 0.1) is 5.92 Å². The molecule has 0 aromatic heterocycles. The minimum Gasteiger partial charge on any atom is -0.491 e. The maximum absolute atomic E-state index is 11.3. The number of amides is 1. The molecule has 1 aliphatic heterocycles. The van der Waals surface area contributed by atoms with Crippen molar-refractivity contribution in [3.63, 3.8) is 0 Å². The molecule has 5 nitrogen and oxygen atoms in total. The second-order valence-corrected chi connectivity index (χ2v) is 3.09. The fourth-order valence-electron chi connectivity index (χ4n) is 1.39. The van der Waals surface area contributed by atoms with Crippen molar-refractivity contribution in [1.29, 1.82) is 0 Å². The van der Waals surface area contributed by atoms with E-state index < -0.39 is 0 Å². The molecule has 1 N–H and O–H groups in total. The normalized spacial score (nSPS) is 23.3. The smallest absolute Gasteiger partial charge is 0.260 e. The van der Waals surface area contributed by atoms with Gasteiger partial charge in [0.05, 0.1) is 12.3 Å². The van der Waals surface area contributed by atoms with Crippen LogP contribution in [-0.4, -0.2) is 36.3 Å². The number of allylic oxidation sites excluding steroid dienone is 2. The summed E-state index contributed by atoms with van der Waals surface area (Å²) in [5.41, 5.74) is 0.630. The van der Waals surface area contributed by atoms with Crippen LogP contribution < -0.4 is 0 Å². The lowest BCUT2D eigenvalue weighted by atomic mass is 9.96.